The molecule has 0 amide bonds. The number of nitrogens with one attached hydrogen (secondary N) is 1. The van der Waals surface area contributed by atoms with Crippen LogP contribution in [0.25, 0.3) is 11.1 Å². The number of hydrogen-bond acceptors (Lipinski definition) is 1. The molecule has 0 saturated heterocycles. The number of halogens is 3. The molecule has 4 heteroatoms. The van der Waals surface area contributed by atoms with Crippen molar-refractivity contribution in [3.8, 4) is 11.1 Å². The average Bonchev–Trinajstić information content (AvgIpc) is 2.38. The van der Waals surface area contributed by atoms with Gasteiger partial charge in [0.2, 0.25) is 0 Å². The molecule has 2 aromatic carbocycles. The summed E-state index contributed by atoms with van der Waals surface area (Å²) < 4.78 is 41.3. The molecular formula is C15H14F3N. The molecule has 0 bridgehead atoms. The molecule has 0 spiro atoms. The molecule has 0 saturated carbocycles. The van der Waals surface area contributed by atoms with E-state index >= 15 is 0 Å². The molecule has 0 radical (unpaired) electrons. The Hall–Kier alpha value is -1.81. The van der Waals surface area contributed by atoms with Gasteiger partial charge in [-0.15, -0.1) is 0 Å². The highest BCUT2D eigenvalue weighted by atomic mass is 19.2. The number of benzene rings is 2. The first kappa shape index (κ1) is 13.6. The van der Waals surface area contributed by atoms with Gasteiger partial charge in [0.15, 0.2) is 11.6 Å². The molecule has 0 heterocycles. The molecule has 0 aromatic heterocycles. The molecule has 0 atom stereocenters. The number of aryl methyl sites for hydroxylation is 1. The largest absolute Gasteiger partial charge is 0.316 e. The van der Waals surface area contributed by atoms with Crippen molar-refractivity contribution in [2.75, 3.05) is 7.05 Å². The Bertz CT molecular complexity index is 609. The van der Waals surface area contributed by atoms with Crippen LogP contribution in [0.2, 0.25) is 0 Å². The normalized spacial score (nSPS) is 10.8. The maximum Gasteiger partial charge on any atom is 0.167 e. The summed E-state index contributed by atoms with van der Waals surface area (Å²) in [6.45, 7) is 1.98. The van der Waals surface area contributed by atoms with E-state index in [2.05, 4.69) is 5.32 Å². The van der Waals surface area contributed by atoms with E-state index in [1.807, 2.05) is 0 Å². The first-order valence-corrected chi connectivity index (χ1v) is 5.92. The lowest BCUT2D eigenvalue weighted by molar-refractivity contribution is 0.504. The molecule has 0 aliphatic carbocycles. The molecular weight excluding hydrogens is 251 g/mol. The fourth-order valence-corrected chi connectivity index (χ4v) is 1.95. The van der Waals surface area contributed by atoms with E-state index in [4.69, 9.17) is 0 Å². The van der Waals surface area contributed by atoms with Crippen molar-refractivity contribution in [3.05, 3.63) is 58.9 Å². The van der Waals surface area contributed by atoms with Crippen molar-refractivity contribution in [1.29, 1.82) is 0 Å². The highest BCUT2D eigenvalue weighted by molar-refractivity contribution is 5.65. The molecule has 2 rings (SSSR count). The fraction of sp³-hybridized carbons (Fsp3) is 0.200. The average molecular weight is 265 g/mol. The van der Waals surface area contributed by atoms with Gasteiger partial charge < -0.3 is 5.32 Å². The Morgan fingerprint density at radius 1 is 0.947 bits per heavy atom. The van der Waals surface area contributed by atoms with Gasteiger partial charge in [0, 0.05) is 17.7 Å². The first-order chi connectivity index (χ1) is 9.04. The van der Waals surface area contributed by atoms with Crippen molar-refractivity contribution in [2.45, 2.75) is 13.5 Å². The second-order valence-electron chi connectivity index (χ2n) is 4.40. The third-order valence-corrected chi connectivity index (χ3v) is 2.98. The van der Waals surface area contributed by atoms with Gasteiger partial charge in [-0.3, -0.25) is 0 Å². The maximum absolute atomic E-state index is 14.0. The van der Waals surface area contributed by atoms with Gasteiger partial charge in [-0.25, -0.2) is 13.2 Å². The summed E-state index contributed by atoms with van der Waals surface area (Å²) >= 11 is 0. The highest BCUT2D eigenvalue weighted by Gasteiger charge is 2.15. The Morgan fingerprint density at radius 2 is 1.63 bits per heavy atom. The van der Waals surface area contributed by atoms with Crippen molar-refractivity contribution in [3.63, 3.8) is 0 Å². The SMILES string of the molecule is CNCc1ccc(-c2ccc(C)c(F)c2F)c(F)c1. The van der Waals surface area contributed by atoms with Crippen LogP contribution < -0.4 is 5.32 Å². The van der Waals surface area contributed by atoms with E-state index < -0.39 is 17.5 Å². The summed E-state index contributed by atoms with van der Waals surface area (Å²) in [7, 11) is 1.75. The van der Waals surface area contributed by atoms with Crippen molar-refractivity contribution >= 4 is 0 Å². The molecule has 0 unspecified atom stereocenters. The lowest BCUT2D eigenvalue weighted by atomic mass is 10.0. The Labute approximate surface area is 110 Å². The van der Waals surface area contributed by atoms with Gasteiger partial charge in [-0.2, -0.15) is 0 Å². The number of rotatable bonds is 3. The van der Waals surface area contributed by atoms with Gasteiger partial charge in [0.25, 0.3) is 0 Å². The predicted molar refractivity (Wildman–Crippen MR) is 69.3 cm³/mol. The predicted octanol–water partition coefficient (Wildman–Crippen LogP) is 3.80. The lowest BCUT2D eigenvalue weighted by Gasteiger charge is -2.09. The quantitative estimate of drug-likeness (QED) is 0.890. The van der Waals surface area contributed by atoms with Gasteiger partial charge in [-0.05, 0) is 31.2 Å². The Morgan fingerprint density at radius 3 is 2.26 bits per heavy atom. The minimum atomic E-state index is -1.01. The summed E-state index contributed by atoms with van der Waals surface area (Å²) in [4.78, 5) is 0. The maximum atomic E-state index is 14.0. The molecule has 0 fully saturated rings. The standard InChI is InChI=1S/C15H14F3N/c1-9-3-5-12(15(18)14(9)17)11-6-4-10(8-19-2)7-13(11)16/h3-7,19H,8H2,1-2H3. The Balaban J connectivity index is 2.51. The van der Waals surface area contributed by atoms with E-state index in [1.165, 1.54) is 31.2 Å². The zero-order valence-corrected chi connectivity index (χ0v) is 10.7. The molecule has 100 valence electrons. The monoisotopic (exact) mass is 265 g/mol. The highest BCUT2D eigenvalue weighted by Crippen LogP contribution is 2.28. The summed E-state index contributed by atoms with van der Waals surface area (Å²) in [5.74, 6) is -2.51. The molecule has 1 N–H and O–H groups in total. The molecule has 0 aliphatic heterocycles. The van der Waals surface area contributed by atoms with Crippen molar-refractivity contribution in [2.24, 2.45) is 0 Å². The van der Waals surface area contributed by atoms with E-state index in [9.17, 15) is 13.2 Å². The van der Waals surface area contributed by atoms with Crippen LogP contribution in [0.5, 0.6) is 0 Å². The topological polar surface area (TPSA) is 12.0 Å². The van der Waals surface area contributed by atoms with Crippen LogP contribution in [0.15, 0.2) is 30.3 Å². The van der Waals surface area contributed by atoms with Crippen LogP contribution in [-0.2, 0) is 6.54 Å². The third-order valence-electron chi connectivity index (χ3n) is 2.98. The first-order valence-electron chi connectivity index (χ1n) is 5.92. The minimum absolute atomic E-state index is 0.0587. The van der Waals surface area contributed by atoms with Crippen LogP contribution in [0.1, 0.15) is 11.1 Å². The fourth-order valence-electron chi connectivity index (χ4n) is 1.95. The smallest absolute Gasteiger partial charge is 0.167 e. The third kappa shape index (κ3) is 2.63. The molecule has 2 aromatic rings. The van der Waals surface area contributed by atoms with E-state index in [0.717, 1.165) is 5.56 Å². The van der Waals surface area contributed by atoms with Crippen LogP contribution in [0.3, 0.4) is 0 Å². The van der Waals surface area contributed by atoms with Crippen LogP contribution in [0, 0.1) is 24.4 Å². The summed E-state index contributed by atoms with van der Waals surface area (Å²) in [5, 5.41) is 2.90. The van der Waals surface area contributed by atoms with Crippen LogP contribution in [0.4, 0.5) is 13.2 Å². The summed E-state index contributed by atoms with van der Waals surface area (Å²) in [6.07, 6.45) is 0. The van der Waals surface area contributed by atoms with Gasteiger partial charge in [-0.1, -0.05) is 24.3 Å². The van der Waals surface area contributed by atoms with E-state index in [0.29, 0.717) is 6.54 Å². The second-order valence-corrected chi connectivity index (χ2v) is 4.40. The zero-order valence-electron chi connectivity index (χ0n) is 10.7. The van der Waals surface area contributed by atoms with Crippen molar-refractivity contribution in [1.82, 2.24) is 5.32 Å². The van der Waals surface area contributed by atoms with E-state index in [1.54, 1.807) is 13.1 Å². The van der Waals surface area contributed by atoms with E-state index in [-0.39, 0.29) is 16.7 Å². The summed E-state index contributed by atoms with van der Waals surface area (Å²) in [6, 6.07) is 7.31. The number of hydrogen-bond donors (Lipinski definition) is 1. The van der Waals surface area contributed by atoms with Gasteiger partial charge in [0.1, 0.15) is 5.82 Å². The van der Waals surface area contributed by atoms with Crippen molar-refractivity contribution < 1.29 is 13.2 Å². The molecule has 1 nitrogen and oxygen atoms in total. The Kier molecular flexibility index (Phi) is 3.90. The minimum Gasteiger partial charge on any atom is -0.316 e. The zero-order chi connectivity index (χ0) is 14.0. The molecule has 19 heavy (non-hydrogen) atoms. The second kappa shape index (κ2) is 5.45. The van der Waals surface area contributed by atoms with Gasteiger partial charge >= 0.3 is 0 Å². The molecule has 0 aliphatic rings. The van der Waals surface area contributed by atoms with Crippen LogP contribution >= 0.6 is 0 Å². The van der Waals surface area contributed by atoms with Crippen LogP contribution in [-0.4, -0.2) is 7.05 Å². The lowest BCUT2D eigenvalue weighted by Crippen LogP contribution is -2.05. The van der Waals surface area contributed by atoms with Gasteiger partial charge in [0.05, 0.1) is 0 Å². The summed E-state index contributed by atoms with van der Waals surface area (Å²) in [5.41, 5.74) is 0.957.